The first kappa shape index (κ1) is 32.6. The van der Waals surface area contributed by atoms with Crippen LogP contribution in [0.4, 0.5) is 0 Å². The monoisotopic (exact) mass is 546 g/mol. The Hall–Kier alpha value is -1.65. The minimum atomic E-state index is -1.78. The van der Waals surface area contributed by atoms with E-state index in [1.54, 1.807) is 0 Å². The van der Waals surface area contributed by atoms with Crippen molar-refractivity contribution in [2.75, 3.05) is 26.4 Å². The molecule has 0 aliphatic heterocycles. The molecule has 0 atom stereocenters. The van der Waals surface area contributed by atoms with Gasteiger partial charge in [-0.15, -0.1) is 0 Å². The maximum Gasteiger partial charge on any atom is 0.463 e. The quantitative estimate of drug-likeness (QED) is 0.239. The first-order valence-corrected chi connectivity index (χ1v) is 14.7. The number of ether oxygens (including phenoxy) is 1. The van der Waals surface area contributed by atoms with Gasteiger partial charge in [-0.3, -0.25) is 4.52 Å². The zero-order valence-corrected chi connectivity index (χ0v) is 26.7. The Morgan fingerprint density at radius 3 is 1.34 bits per heavy atom. The Morgan fingerprint density at radius 1 is 0.579 bits per heavy atom. The van der Waals surface area contributed by atoms with E-state index < -0.39 is 8.60 Å². The van der Waals surface area contributed by atoms with Gasteiger partial charge in [-0.2, -0.15) is 0 Å². The van der Waals surface area contributed by atoms with Gasteiger partial charge in [0, 0.05) is 11.1 Å². The molecule has 0 heterocycles. The number of rotatable bonds is 10. The molecule has 0 saturated heterocycles. The third kappa shape index (κ3) is 9.52. The Labute approximate surface area is 233 Å². The van der Waals surface area contributed by atoms with Crippen LogP contribution < -0.4 is 9.05 Å². The number of hydrogen-bond acceptors (Lipinski definition) is 5. The Kier molecular flexibility index (Phi) is 10.9. The lowest BCUT2D eigenvalue weighted by Gasteiger charge is -2.30. The fourth-order valence-electron chi connectivity index (χ4n) is 3.89. The topological polar surface area (TPSA) is 57.2 Å². The van der Waals surface area contributed by atoms with Crippen molar-refractivity contribution in [3.8, 4) is 11.5 Å². The summed E-state index contributed by atoms with van der Waals surface area (Å²) in [4.78, 5) is 0. The first-order chi connectivity index (χ1) is 17.3. The van der Waals surface area contributed by atoms with Crippen LogP contribution in [0.25, 0.3) is 0 Å². The summed E-state index contributed by atoms with van der Waals surface area (Å²) in [5, 5.41) is 9.03. The molecular formula is C32H51O5P. The SMILES string of the molecule is CC(C)(C)c1ccc(OP(OCCOCCO)Oc2ccc(C(C)(C)C)cc2C(C)(C)C)c(C(C)(C)C)c1. The molecule has 0 fully saturated rings. The molecule has 0 spiro atoms. The lowest BCUT2D eigenvalue weighted by molar-refractivity contribution is 0.0683. The van der Waals surface area contributed by atoms with E-state index in [2.05, 4.69) is 107 Å². The largest absolute Gasteiger partial charge is 0.463 e. The van der Waals surface area contributed by atoms with Crippen LogP contribution in [0.1, 0.15) is 105 Å². The number of aliphatic hydroxyl groups is 1. The Morgan fingerprint density at radius 2 is 1.00 bits per heavy atom. The lowest BCUT2D eigenvalue weighted by atomic mass is 9.80. The standard InChI is InChI=1S/C32H51O5P/c1-29(2,3)23-13-15-27(25(21-23)31(7,8)9)36-38(35-20-19-34-18-17-33)37-28-16-14-24(30(4,5)6)22-26(28)32(10,11)12/h13-16,21-22,33H,17-20H2,1-12H3. The van der Waals surface area contributed by atoms with Crippen LogP contribution in [-0.2, 0) is 30.9 Å². The molecule has 6 heteroatoms. The van der Waals surface area contributed by atoms with Crippen molar-refractivity contribution < 1.29 is 23.4 Å². The smallest absolute Gasteiger partial charge is 0.417 e. The minimum absolute atomic E-state index is 0.0219. The normalized spacial score (nSPS) is 13.2. The highest BCUT2D eigenvalue weighted by Crippen LogP contribution is 2.48. The van der Waals surface area contributed by atoms with Crippen LogP contribution >= 0.6 is 8.60 Å². The van der Waals surface area contributed by atoms with Crippen LogP contribution in [0, 0.1) is 0 Å². The molecule has 2 aromatic rings. The summed E-state index contributed by atoms with van der Waals surface area (Å²) >= 11 is 0. The van der Waals surface area contributed by atoms with Crippen molar-refractivity contribution in [3.05, 3.63) is 58.7 Å². The van der Waals surface area contributed by atoms with Crippen molar-refractivity contribution in [2.45, 2.75) is 105 Å². The molecule has 38 heavy (non-hydrogen) atoms. The summed E-state index contributed by atoms with van der Waals surface area (Å²) in [7, 11) is -1.78. The molecule has 5 nitrogen and oxygen atoms in total. The fourth-order valence-corrected chi connectivity index (χ4v) is 4.90. The molecular weight excluding hydrogens is 495 g/mol. The molecule has 2 rings (SSSR count). The number of hydrogen-bond donors (Lipinski definition) is 1. The van der Waals surface area contributed by atoms with E-state index in [1.807, 2.05) is 12.1 Å². The average Bonchev–Trinajstić information content (AvgIpc) is 2.76. The molecule has 214 valence electrons. The van der Waals surface area contributed by atoms with E-state index in [0.717, 1.165) is 22.6 Å². The average molecular weight is 547 g/mol. The van der Waals surface area contributed by atoms with Crippen molar-refractivity contribution in [2.24, 2.45) is 0 Å². The van der Waals surface area contributed by atoms with E-state index >= 15 is 0 Å². The van der Waals surface area contributed by atoms with Gasteiger partial charge in [0.05, 0.1) is 26.4 Å². The third-order valence-electron chi connectivity index (χ3n) is 6.31. The fraction of sp³-hybridized carbons (Fsp3) is 0.625. The van der Waals surface area contributed by atoms with E-state index in [4.69, 9.17) is 23.4 Å². The van der Waals surface area contributed by atoms with E-state index in [9.17, 15) is 0 Å². The van der Waals surface area contributed by atoms with Crippen LogP contribution in [0.3, 0.4) is 0 Å². The van der Waals surface area contributed by atoms with Crippen LogP contribution in [0.15, 0.2) is 36.4 Å². The van der Waals surface area contributed by atoms with Crippen molar-refractivity contribution in [1.29, 1.82) is 0 Å². The highest BCUT2D eigenvalue weighted by atomic mass is 31.2. The molecule has 2 aromatic carbocycles. The van der Waals surface area contributed by atoms with Crippen LogP contribution in [0.5, 0.6) is 11.5 Å². The van der Waals surface area contributed by atoms with Crippen molar-refractivity contribution >= 4 is 8.60 Å². The second-order valence-electron chi connectivity index (χ2n) is 14.0. The highest BCUT2D eigenvalue weighted by Gasteiger charge is 2.29. The van der Waals surface area contributed by atoms with Gasteiger partial charge in [0.1, 0.15) is 11.5 Å². The van der Waals surface area contributed by atoms with Gasteiger partial charge in [0.15, 0.2) is 0 Å². The van der Waals surface area contributed by atoms with E-state index in [-0.39, 0.29) is 34.9 Å². The Bertz CT molecular complexity index is 958. The number of aliphatic hydroxyl groups excluding tert-OH is 1. The van der Waals surface area contributed by atoms with Crippen LogP contribution in [0.2, 0.25) is 0 Å². The third-order valence-corrected chi connectivity index (χ3v) is 7.40. The van der Waals surface area contributed by atoms with Crippen molar-refractivity contribution in [3.63, 3.8) is 0 Å². The molecule has 0 saturated carbocycles. The first-order valence-electron chi connectivity index (χ1n) is 13.6. The number of benzene rings is 2. The molecule has 0 aliphatic carbocycles. The van der Waals surface area contributed by atoms with Gasteiger partial charge in [0.25, 0.3) is 0 Å². The van der Waals surface area contributed by atoms with Gasteiger partial charge >= 0.3 is 8.60 Å². The van der Waals surface area contributed by atoms with Gasteiger partial charge in [-0.1, -0.05) is 107 Å². The zero-order valence-electron chi connectivity index (χ0n) is 25.8. The summed E-state index contributed by atoms with van der Waals surface area (Å²) in [5.74, 6) is 1.52. The van der Waals surface area contributed by atoms with Crippen molar-refractivity contribution in [1.82, 2.24) is 0 Å². The Balaban J connectivity index is 2.48. The summed E-state index contributed by atoms with van der Waals surface area (Å²) in [6.07, 6.45) is 0. The maximum atomic E-state index is 9.03. The predicted octanol–water partition coefficient (Wildman–Crippen LogP) is 8.59. The van der Waals surface area contributed by atoms with Gasteiger partial charge < -0.3 is 18.9 Å². The predicted molar refractivity (Wildman–Crippen MR) is 160 cm³/mol. The van der Waals surface area contributed by atoms with Gasteiger partial charge in [-0.05, 0) is 44.9 Å². The zero-order chi connectivity index (χ0) is 28.9. The van der Waals surface area contributed by atoms with E-state index in [0.29, 0.717) is 13.2 Å². The molecule has 0 bridgehead atoms. The highest BCUT2D eigenvalue weighted by molar-refractivity contribution is 7.42. The minimum Gasteiger partial charge on any atom is -0.417 e. The van der Waals surface area contributed by atoms with E-state index in [1.165, 1.54) is 11.1 Å². The summed E-state index contributed by atoms with van der Waals surface area (Å²) in [6.45, 7) is 27.3. The molecule has 0 aromatic heterocycles. The molecule has 1 N–H and O–H groups in total. The van der Waals surface area contributed by atoms with Gasteiger partial charge in [-0.25, -0.2) is 0 Å². The molecule has 0 aliphatic rings. The molecule has 0 unspecified atom stereocenters. The maximum absolute atomic E-state index is 9.03. The summed E-state index contributed by atoms with van der Waals surface area (Å²) in [5.41, 5.74) is 4.52. The lowest BCUT2D eigenvalue weighted by Crippen LogP contribution is -2.19. The van der Waals surface area contributed by atoms with Crippen LogP contribution in [-0.4, -0.2) is 31.5 Å². The summed E-state index contributed by atoms with van der Waals surface area (Å²) in [6, 6.07) is 12.8. The van der Waals surface area contributed by atoms with Gasteiger partial charge in [0.2, 0.25) is 0 Å². The molecule has 0 radical (unpaired) electrons. The second-order valence-corrected chi connectivity index (χ2v) is 15.1. The second kappa shape index (κ2) is 12.7. The summed E-state index contributed by atoms with van der Waals surface area (Å²) < 4.78 is 24.6. The molecule has 0 amide bonds.